The molecule has 1 aromatic rings. The van der Waals surface area contributed by atoms with Crippen LogP contribution in [0.1, 0.15) is 39.3 Å². The second-order valence-corrected chi connectivity index (χ2v) is 5.99. The van der Waals surface area contributed by atoms with Gasteiger partial charge in [0.2, 0.25) is 0 Å². The highest BCUT2D eigenvalue weighted by Crippen LogP contribution is 2.22. The Morgan fingerprint density at radius 1 is 1.35 bits per heavy atom. The molecule has 0 saturated heterocycles. The van der Waals surface area contributed by atoms with Crippen LogP contribution in [0, 0.1) is 5.92 Å². The molecule has 1 aromatic carbocycles. The van der Waals surface area contributed by atoms with Gasteiger partial charge in [-0.2, -0.15) is 0 Å². The second kappa shape index (κ2) is 6.95. The molecule has 0 aliphatic carbocycles. The van der Waals surface area contributed by atoms with Gasteiger partial charge in [0.1, 0.15) is 0 Å². The molecule has 0 aromatic heterocycles. The largest absolute Gasteiger partial charge is 0.388 e. The van der Waals surface area contributed by atoms with E-state index in [1.807, 2.05) is 39.0 Å². The second-order valence-electron chi connectivity index (χ2n) is 5.58. The highest BCUT2D eigenvalue weighted by Gasteiger charge is 2.25. The van der Waals surface area contributed by atoms with Crippen molar-refractivity contribution in [2.75, 3.05) is 6.54 Å². The Labute approximate surface area is 125 Å². The summed E-state index contributed by atoms with van der Waals surface area (Å²) in [5.74, 6) is 0.0591. The molecule has 112 valence electrons. The summed E-state index contributed by atoms with van der Waals surface area (Å²) < 4.78 is 0. The Hall–Kier alpha value is -1.26. The molecule has 0 fully saturated rings. The Balaban J connectivity index is 2.53. The zero-order valence-corrected chi connectivity index (χ0v) is 13.2. The van der Waals surface area contributed by atoms with Gasteiger partial charge in [0.25, 0.3) is 0 Å². The summed E-state index contributed by atoms with van der Waals surface area (Å²) in [7, 11) is 0. The van der Waals surface area contributed by atoms with Crippen LogP contribution in [-0.4, -0.2) is 23.3 Å². The number of halogens is 1. The summed E-state index contributed by atoms with van der Waals surface area (Å²) in [6.07, 6.45) is 0. The maximum atomic E-state index is 11.8. The van der Waals surface area contributed by atoms with Crippen molar-refractivity contribution in [3.05, 3.63) is 34.9 Å². The minimum atomic E-state index is -0.926. The van der Waals surface area contributed by atoms with E-state index in [4.69, 9.17) is 11.6 Å². The van der Waals surface area contributed by atoms with Gasteiger partial charge in [-0.15, -0.1) is 0 Å². The quantitative estimate of drug-likeness (QED) is 0.782. The van der Waals surface area contributed by atoms with E-state index in [0.717, 1.165) is 5.56 Å². The first-order valence-corrected chi connectivity index (χ1v) is 7.13. The van der Waals surface area contributed by atoms with Gasteiger partial charge in [0, 0.05) is 11.6 Å². The first-order valence-electron chi connectivity index (χ1n) is 6.75. The lowest BCUT2D eigenvalue weighted by atomic mass is 9.93. The molecule has 0 radical (unpaired) electrons. The number of carbonyl (C=O) groups excluding carboxylic acids is 1. The average Bonchev–Trinajstić information content (AvgIpc) is 2.36. The van der Waals surface area contributed by atoms with Crippen molar-refractivity contribution in [2.45, 2.75) is 39.3 Å². The number of benzene rings is 1. The molecule has 0 spiro atoms. The summed E-state index contributed by atoms with van der Waals surface area (Å²) in [6, 6.07) is 6.86. The minimum Gasteiger partial charge on any atom is -0.388 e. The molecular formula is C15H23ClN2O2. The number of hydrogen-bond acceptors (Lipinski definition) is 2. The normalized spacial score (nSPS) is 15.6. The van der Waals surface area contributed by atoms with Gasteiger partial charge in [-0.3, -0.25) is 0 Å². The zero-order chi connectivity index (χ0) is 15.3. The first-order chi connectivity index (χ1) is 9.24. The molecule has 4 nitrogen and oxygen atoms in total. The SMILES string of the molecule is CC(NC(=O)NCC(C)(O)C(C)C)c1ccccc1Cl. The van der Waals surface area contributed by atoms with Crippen molar-refractivity contribution in [3.63, 3.8) is 0 Å². The molecule has 0 heterocycles. The fraction of sp³-hybridized carbons (Fsp3) is 0.533. The smallest absolute Gasteiger partial charge is 0.315 e. The lowest BCUT2D eigenvalue weighted by Gasteiger charge is -2.28. The predicted octanol–water partition coefficient (Wildman–Crippen LogP) is 3.11. The highest BCUT2D eigenvalue weighted by molar-refractivity contribution is 6.31. The molecule has 0 aliphatic heterocycles. The van der Waals surface area contributed by atoms with E-state index >= 15 is 0 Å². The summed E-state index contributed by atoms with van der Waals surface area (Å²) in [4.78, 5) is 11.8. The molecule has 0 saturated carbocycles. The maximum Gasteiger partial charge on any atom is 0.315 e. The van der Waals surface area contributed by atoms with E-state index in [9.17, 15) is 9.90 Å². The third kappa shape index (κ3) is 4.69. The van der Waals surface area contributed by atoms with E-state index in [1.54, 1.807) is 13.0 Å². The Bertz CT molecular complexity index is 461. The number of carbonyl (C=O) groups is 1. The van der Waals surface area contributed by atoms with Crippen LogP contribution in [0.15, 0.2) is 24.3 Å². The Kier molecular flexibility index (Phi) is 5.84. The van der Waals surface area contributed by atoms with Crippen LogP contribution in [-0.2, 0) is 0 Å². The van der Waals surface area contributed by atoms with Crippen LogP contribution in [0.25, 0.3) is 0 Å². The number of rotatable bonds is 5. The fourth-order valence-electron chi connectivity index (χ4n) is 1.62. The van der Waals surface area contributed by atoms with Crippen molar-refractivity contribution < 1.29 is 9.90 Å². The van der Waals surface area contributed by atoms with Crippen LogP contribution >= 0.6 is 11.6 Å². The van der Waals surface area contributed by atoms with Crippen molar-refractivity contribution in [3.8, 4) is 0 Å². The van der Waals surface area contributed by atoms with E-state index in [0.29, 0.717) is 5.02 Å². The molecule has 20 heavy (non-hydrogen) atoms. The zero-order valence-electron chi connectivity index (χ0n) is 12.4. The minimum absolute atomic E-state index is 0.0591. The predicted molar refractivity (Wildman–Crippen MR) is 81.9 cm³/mol. The van der Waals surface area contributed by atoms with E-state index in [-0.39, 0.29) is 24.5 Å². The summed E-state index contributed by atoms with van der Waals surface area (Å²) in [5, 5.41) is 16.2. The Morgan fingerprint density at radius 2 is 1.95 bits per heavy atom. The summed E-state index contributed by atoms with van der Waals surface area (Å²) in [6.45, 7) is 7.58. The number of hydrogen-bond donors (Lipinski definition) is 3. The molecule has 0 bridgehead atoms. The number of amides is 2. The molecule has 2 unspecified atom stereocenters. The van der Waals surface area contributed by atoms with E-state index in [2.05, 4.69) is 10.6 Å². The van der Waals surface area contributed by atoms with Gasteiger partial charge in [-0.1, -0.05) is 43.6 Å². The molecular weight excluding hydrogens is 276 g/mol. The fourth-order valence-corrected chi connectivity index (χ4v) is 1.91. The average molecular weight is 299 g/mol. The first kappa shape index (κ1) is 16.8. The molecule has 3 N–H and O–H groups in total. The number of aliphatic hydroxyl groups is 1. The number of nitrogens with one attached hydrogen (secondary N) is 2. The topological polar surface area (TPSA) is 61.4 Å². The van der Waals surface area contributed by atoms with Gasteiger partial charge < -0.3 is 15.7 Å². The molecule has 0 aliphatic rings. The van der Waals surface area contributed by atoms with Gasteiger partial charge in [0.15, 0.2) is 0 Å². The van der Waals surface area contributed by atoms with Gasteiger partial charge >= 0.3 is 6.03 Å². The highest BCUT2D eigenvalue weighted by atomic mass is 35.5. The van der Waals surface area contributed by atoms with Gasteiger partial charge in [-0.05, 0) is 31.4 Å². The van der Waals surface area contributed by atoms with Crippen LogP contribution in [0.2, 0.25) is 5.02 Å². The third-order valence-electron chi connectivity index (χ3n) is 3.57. The monoisotopic (exact) mass is 298 g/mol. The molecule has 1 rings (SSSR count). The standard InChI is InChI=1S/C15H23ClN2O2/c1-10(2)15(4,20)9-17-14(19)18-11(3)12-7-5-6-8-13(12)16/h5-8,10-11,20H,9H2,1-4H3,(H2,17,18,19). The van der Waals surface area contributed by atoms with Crippen molar-refractivity contribution >= 4 is 17.6 Å². The lowest BCUT2D eigenvalue weighted by molar-refractivity contribution is 0.0165. The summed E-state index contributed by atoms with van der Waals surface area (Å²) >= 11 is 6.08. The number of urea groups is 1. The van der Waals surface area contributed by atoms with Crippen molar-refractivity contribution in [2.24, 2.45) is 5.92 Å². The molecule has 2 atom stereocenters. The van der Waals surface area contributed by atoms with Crippen LogP contribution < -0.4 is 10.6 Å². The molecule has 5 heteroatoms. The van der Waals surface area contributed by atoms with Crippen LogP contribution in [0.3, 0.4) is 0 Å². The molecule has 2 amide bonds. The van der Waals surface area contributed by atoms with Crippen molar-refractivity contribution in [1.82, 2.24) is 10.6 Å². The Morgan fingerprint density at radius 3 is 2.50 bits per heavy atom. The van der Waals surface area contributed by atoms with Gasteiger partial charge in [-0.25, -0.2) is 4.79 Å². The van der Waals surface area contributed by atoms with Crippen LogP contribution in [0.4, 0.5) is 4.79 Å². The van der Waals surface area contributed by atoms with Crippen LogP contribution in [0.5, 0.6) is 0 Å². The maximum absolute atomic E-state index is 11.8. The van der Waals surface area contributed by atoms with Crippen molar-refractivity contribution in [1.29, 1.82) is 0 Å². The van der Waals surface area contributed by atoms with Gasteiger partial charge in [0.05, 0.1) is 11.6 Å². The lowest BCUT2D eigenvalue weighted by Crippen LogP contribution is -2.47. The van der Waals surface area contributed by atoms with E-state index in [1.165, 1.54) is 0 Å². The van der Waals surface area contributed by atoms with E-state index < -0.39 is 5.60 Å². The summed E-state index contributed by atoms with van der Waals surface area (Å²) in [5.41, 5.74) is -0.0646. The third-order valence-corrected chi connectivity index (χ3v) is 3.91.